The van der Waals surface area contributed by atoms with Crippen LogP contribution in [0.15, 0.2) is 18.3 Å². The van der Waals surface area contributed by atoms with E-state index in [2.05, 4.69) is 14.9 Å². The second kappa shape index (κ2) is 3.51. The van der Waals surface area contributed by atoms with Gasteiger partial charge in [0.2, 0.25) is 0 Å². The average molecular weight is 230 g/mol. The Balaban J connectivity index is 2.56. The molecule has 2 aromatic rings. The molecule has 4 nitrogen and oxygen atoms in total. The summed E-state index contributed by atoms with van der Waals surface area (Å²) < 4.78 is 39.9. The fraction of sp³-hybridized carbons (Fsp3) is 0.111. The number of alkyl halides is 3. The summed E-state index contributed by atoms with van der Waals surface area (Å²) in [4.78, 5) is 10.6. The van der Waals surface area contributed by atoms with Gasteiger partial charge in [0.05, 0.1) is 6.20 Å². The summed E-state index contributed by atoms with van der Waals surface area (Å²) in [6.45, 7) is 0. The Morgan fingerprint density at radius 2 is 2.12 bits per heavy atom. The van der Waals surface area contributed by atoms with Gasteiger partial charge in [0.1, 0.15) is 5.52 Å². The number of carbonyl (C=O) groups is 1. The Labute approximate surface area is 87.0 Å². The Morgan fingerprint density at radius 3 is 2.75 bits per heavy atom. The molecule has 0 fully saturated rings. The Kier molecular flexibility index (Phi) is 2.30. The largest absolute Gasteiger partial charge is 0.573 e. The van der Waals surface area contributed by atoms with Crippen LogP contribution in [-0.4, -0.2) is 22.8 Å². The van der Waals surface area contributed by atoms with Gasteiger partial charge in [-0.25, -0.2) is 0 Å². The molecule has 0 spiro atoms. The van der Waals surface area contributed by atoms with Crippen LogP contribution in [0.4, 0.5) is 13.2 Å². The average Bonchev–Trinajstić information content (AvgIpc) is 2.65. The number of nitrogens with one attached hydrogen (secondary N) is 1. The van der Waals surface area contributed by atoms with E-state index in [4.69, 9.17) is 0 Å². The minimum absolute atomic E-state index is 0.0434. The van der Waals surface area contributed by atoms with E-state index in [9.17, 15) is 18.0 Å². The lowest BCUT2D eigenvalue weighted by Gasteiger charge is -2.09. The Bertz CT molecular complexity index is 533. The molecule has 0 unspecified atom stereocenters. The van der Waals surface area contributed by atoms with E-state index < -0.39 is 12.1 Å². The zero-order chi connectivity index (χ0) is 11.8. The van der Waals surface area contributed by atoms with Gasteiger partial charge >= 0.3 is 6.36 Å². The van der Waals surface area contributed by atoms with Crippen LogP contribution in [-0.2, 0) is 0 Å². The summed E-state index contributed by atoms with van der Waals surface area (Å²) in [5.41, 5.74) is 0.292. The molecule has 0 amide bonds. The number of halogens is 3. The van der Waals surface area contributed by atoms with Crippen molar-refractivity contribution in [2.75, 3.05) is 0 Å². The minimum atomic E-state index is -4.78. The highest BCUT2D eigenvalue weighted by molar-refractivity contribution is 5.98. The number of fused-ring (bicyclic) bond motifs is 1. The van der Waals surface area contributed by atoms with Crippen molar-refractivity contribution in [1.82, 2.24) is 10.2 Å². The molecule has 2 rings (SSSR count). The number of hydrogen-bond acceptors (Lipinski definition) is 3. The van der Waals surface area contributed by atoms with Crippen molar-refractivity contribution in [3.63, 3.8) is 0 Å². The first kappa shape index (κ1) is 10.5. The van der Waals surface area contributed by atoms with E-state index in [0.717, 1.165) is 6.07 Å². The lowest BCUT2D eigenvalue weighted by atomic mass is 10.1. The fourth-order valence-electron chi connectivity index (χ4n) is 1.34. The smallest absolute Gasteiger partial charge is 0.403 e. The maximum atomic E-state index is 12.0. The van der Waals surface area contributed by atoms with Crippen LogP contribution in [0.5, 0.6) is 5.75 Å². The van der Waals surface area contributed by atoms with Crippen LogP contribution >= 0.6 is 0 Å². The normalized spacial score (nSPS) is 11.7. The van der Waals surface area contributed by atoms with E-state index >= 15 is 0 Å². The van der Waals surface area contributed by atoms with Crippen molar-refractivity contribution in [3.8, 4) is 5.75 Å². The molecular formula is C9H5F3N2O2. The van der Waals surface area contributed by atoms with Gasteiger partial charge in [-0.15, -0.1) is 13.2 Å². The number of ether oxygens (including phenoxy) is 1. The highest BCUT2D eigenvalue weighted by Gasteiger charge is 2.32. The maximum absolute atomic E-state index is 12.0. The number of hydrogen-bond donors (Lipinski definition) is 1. The summed E-state index contributed by atoms with van der Waals surface area (Å²) >= 11 is 0. The molecule has 0 radical (unpaired) electrons. The van der Waals surface area contributed by atoms with Crippen LogP contribution < -0.4 is 4.74 Å². The van der Waals surface area contributed by atoms with Gasteiger partial charge in [-0.2, -0.15) is 5.10 Å². The van der Waals surface area contributed by atoms with Crippen molar-refractivity contribution in [2.45, 2.75) is 6.36 Å². The third kappa shape index (κ3) is 1.83. The van der Waals surface area contributed by atoms with Gasteiger partial charge in [0, 0.05) is 10.9 Å². The highest BCUT2D eigenvalue weighted by Crippen LogP contribution is 2.30. The van der Waals surface area contributed by atoms with E-state index in [0.29, 0.717) is 6.29 Å². The number of benzene rings is 1. The van der Waals surface area contributed by atoms with E-state index in [1.165, 1.54) is 12.3 Å². The second-order valence-corrected chi connectivity index (χ2v) is 2.98. The second-order valence-electron chi connectivity index (χ2n) is 2.98. The monoisotopic (exact) mass is 230 g/mol. The minimum Gasteiger partial charge on any atom is -0.403 e. The van der Waals surface area contributed by atoms with Gasteiger partial charge in [-0.1, -0.05) is 0 Å². The van der Waals surface area contributed by atoms with Gasteiger partial charge in [-0.05, 0) is 12.1 Å². The van der Waals surface area contributed by atoms with E-state index in [1.807, 2.05) is 0 Å². The summed E-state index contributed by atoms with van der Waals surface area (Å²) in [6, 6.07) is 2.31. The summed E-state index contributed by atoms with van der Waals surface area (Å²) in [6.07, 6.45) is -2.97. The van der Waals surface area contributed by atoms with Crippen LogP contribution in [0.3, 0.4) is 0 Å². The van der Waals surface area contributed by atoms with Gasteiger partial charge in [-0.3, -0.25) is 9.89 Å². The Hall–Kier alpha value is -2.05. The number of rotatable bonds is 2. The molecule has 1 aromatic carbocycles. The van der Waals surface area contributed by atoms with Crippen LogP contribution in [0.1, 0.15) is 10.4 Å². The third-order valence-electron chi connectivity index (χ3n) is 1.96. The van der Waals surface area contributed by atoms with Gasteiger partial charge < -0.3 is 4.74 Å². The molecule has 1 aromatic heterocycles. The Morgan fingerprint density at radius 1 is 1.38 bits per heavy atom. The lowest BCUT2D eigenvalue weighted by Crippen LogP contribution is -2.17. The van der Waals surface area contributed by atoms with Crippen LogP contribution in [0.25, 0.3) is 10.9 Å². The summed E-state index contributed by atoms with van der Waals surface area (Å²) in [7, 11) is 0. The zero-order valence-electron chi connectivity index (χ0n) is 7.71. The van der Waals surface area contributed by atoms with Gasteiger partial charge in [0.15, 0.2) is 12.0 Å². The molecule has 0 bridgehead atoms. The molecule has 0 aliphatic rings. The third-order valence-corrected chi connectivity index (χ3v) is 1.96. The zero-order valence-corrected chi connectivity index (χ0v) is 7.71. The molecule has 7 heteroatoms. The highest BCUT2D eigenvalue weighted by atomic mass is 19.4. The molecule has 0 aliphatic heterocycles. The van der Waals surface area contributed by atoms with Gasteiger partial charge in [0.25, 0.3) is 0 Å². The first-order valence-corrected chi connectivity index (χ1v) is 4.18. The first-order valence-electron chi connectivity index (χ1n) is 4.18. The lowest BCUT2D eigenvalue weighted by molar-refractivity contribution is -0.274. The number of aldehydes is 1. The predicted molar refractivity (Wildman–Crippen MR) is 48.2 cm³/mol. The van der Waals surface area contributed by atoms with Crippen LogP contribution in [0, 0.1) is 0 Å². The SMILES string of the molecule is O=Cc1ccc(OC(F)(F)F)c2[nH]ncc12. The topological polar surface area (TPSA) is 55.0 Å². The maximum Gasteiger partial charge on any atom is 0.573 e. The van der Waals surface area contributed by atoms with Crippen molar-refractivity contribution >= 4 is 17.2 Å². The number of nitrogens with zero attached hydrogens (tertiary/aromatic N) is 1. The molecule has 16 heavy (non-hydrogen) atoms. The standard InChI is InChI=1S/C9H5F3N2O2/c10-9(11,12)16-7-2-1-5(4-15)6-3-13-14-8(6)7/h1-4H,(H,13,14). The molecular weight excluding hydrogens is 225 g/mol. The van der Waals surface area contributed by atoms with Crippen LogP contribution in [0.2, 0.25) is 0 Å². The van der Waals surface area contributed by atoms with Crippen molar-refractivity contribution < 1.29 is 22.7 Å². The number of aromatic amines is 1. The predicted octanol–water partition coefficient (Wildman–Crippen LogP) is 2.27. The molecule has 1 heterocycles. The van der Waals surface area contributed by atoms with E-state index in [1.54, 1.807) is 0 Å². The number of carbonyl (C=O) groups excluding carboxylic acids is 1. The van der Waals surface area contributed by atoms with E-state index in [-0.39, 0.29) is 16.5 Å². The molecule has 0 saturated heterocycles. The summed E-state index contributed by atoms with van der Waals surface area (Å²) in [5.74, 6) is -0.411. The molecule has 0 aliphatic carbocycles. The van der Waals surface area contributed by atoms with Crippen molar-refractivity contribution in [1.29, 1.82) is 0 Å². The summed E-state index contributed by atoms with van der Waals surface area (Å²) in [5, 5.41) is 6.21. The number of H-pyrrole nitrogens is 1. The molecule has 0 atom stereocenters. The van der Waals surface area contributed by atoms with Crippen molar-refractivity contribution in [3.05, 3.63) is 23.9 Å². The molecule has 1 N–H and O–H groups in total. The number of aromatic nitrogens is 2. The molecule has 84 valence electrons. The molecule has 0 saturated carbocycles. The fourth-order valence-corrected chi connectivity index (χ4v) is 1.34. The van der Waals surface area contributed by atoms with Crippen molar-refractivity contribution in [2.24, 2.45) is 0 Å². The quantitative estimate of drug-likeness (QED) is 0.805. The first-order chi connectivity index (χ1) is 7.51.